The van der Waals surface area contributed by atoms with Crippen molar-refractivity contribution in [2.24, 2.45) is 5.92 Å². The van der Waals surface area contributed by atoms with Crippen LogP contribution in [0.1, 0.15) is 37.1 Å². The Morgan fingerprint density at radius 3 is 2.68 bits per heavy atom. The van der Waals surface area contributed by atoms with E-state index in [9.17, 15) is 9.50 Å². The summed E-state index contributed by atoms with van der Waals surface area (Å²) in [6.45, 7) is 3.79. The molecule has 0 saturated heterocycles. The number of hydrogen-bond donors (Lipinski definition) is 2. The van der Waals surface area contributed by atoms with Gasteiger partial charge in [0.15, 0.2) is 11.6 Å². The first-order valence-corrected chi connectivity index (χ1v) is 6.42. The molecule has 0 bridgehead atoms. The number of aromatic hydroxyl groups is 1. The van der Waals surface area contributed by atoms with Crippen LogP contribution in [0.3, 0.4) is 0 Å². The molecule has 2 aromatic rings. The molecular formula is C14H16FN3O. The fraction of sp³-hybridized carbons (Fsp3) is 0.429. The molecule has 0 unspecified atom stereocenters. The second kappa shape index (κ2) is 4.05. The number of hydrogen-bond acceptors (Lipinski definition) is 4. The Morgan fingerprint density at radius 1 is 1.37 bits per heavy atom. The summed E-state index contributed by atoms with van der Waals surface area (Å²) in [5.41, 5.74) is 6.45. The Kier molecular flexibility index (Phi) is 2.59. The molecule has 1 aliphatic carbocycles. The summed E-state index contributed by atoms with van der Waals surface area (Å²) in [5.74, 6) is 0.703. The molecule has 1 aromatic carbocycles. The fourth-order valence-corrected chi connectivity index (χ4v) is 2.68. The average molecular weight is 261 g/mol. The van der Waals surface area contributed by atoms with Crippen molar-refractivity contribution < 1.29 is 9.50 Å². The van der Waals surface area contributed by atoms with E-state index < -0.39 is 5.82 Å². The van der Waals surface area contributed by atoms with E-state index in [4.69, 9.17) is 5.73 Å². The maximum absolute atomic E-state index is 14.1. The minimum Gasteiger partial charge on any atom is -0.505 e. The predicted octanol–water partition coefficient (Wildman–Crippen LogP) is 2.88. The smallest absolute Gasteiger partial charge is 0.191 e. The van der Waals surface area contributed by atoms with E-state index in [1.54, 1.807) is 13.0 Å². The van der Waals surface area contributed by atoms with E-state index in [0.29, 0.717) is 22.7 Å². The van der Waals surface area contributed by atoms with Gasteiger partial charge in [-0.15, -0.1) is 0 Å². The third kappa shape index (κ3) is 1.80. The van der Waals surface area contributed by atoms with Crippen LogP contribution in [-0.2, 0) is 0 Å². The number of aromatic nitrogens is 2. The molecule has 0 spiro atoms. The lowest BCUT2D eigenvalue weighted by atomic mass is 9.75. The fourth-order valence-electron chi connectivity index (χ4n) is 2.68. The number of halogens is 1. The molecule has 3 N–H and O–H groups in total. The van der Waals surface area contributed by atoms with Crippen molar-refractivity contribution in [3.63, 3.8) is 0 Å². The van der Waals surface area contributed by atoms with E-state index in [0.717, 1.165) is 12.8 Å². The van der Waals surface area contributed by atoms with Gasteiger partial charge in [-0.25, -0.2) is 14.4 Å². The van der Waals surface area contributed by atoms with Gasteiger partial charge in [-0.1, -0.05) is 6.92 Å². The molecule has 1 aromatic heterocycles. The largest absolute Gasteiger partial charge is 0.505 e. The van der Waals surface area contributed by atoms with Crippen molar-refractivity contribution in [1.82, 2.24) is 9.97 Å². The minimum atomic E-state index is -0.710. The van der Waals surface area contributed by atoms with Crippen LogP contribution >= 0.6 is 0 Å². The van der Waals surface area contributed by atoms with E-state index in [1.165, 1.54) is 0 Å². The first-order valence-electron chi connectivity index (χ1n) is 6.42. The molecule has 4 nitrogen and oxygen atoms in total. The van der Waals surface area contributed by atoms with Crippen molar-refractivity contribution in [2.75, 3.05) is 5.73 Å². The molecule has 1 fully saturated rings. The monoisotopic (exact) mass is 261 g/mol. The summed E-state index contributed by atoms with van der Waals surface area (Å²) in [6.07, 6.45) is 2.01. The number of nitrogens with zero attached hydrogens (tertiary/aromatic N) is 2. The molecule has 100 valence electrons. The van der Waals surface area contributed by atoms with Crippen LogP contribution in [0.5, 0.6) is 5.75 Å². The first kappa shape index (κ1) is 12.1. The van der Waals surface area contributed by atoms with Crippen molar-refractivity contribution in [3.05, 3.63) is 23.3 Å². The Hall–Kier alpha value is -1.91. The number of anilines is 1. The molecular weight excluding hydrogens is 245 g/mol. The summed E-state index contributed by atoms with van der Waals surface area (Å²) in [4.78, 5) is 8.56. The molecule has 3 rings (SSSR count). The van der Waals surface area contributed by atoms with Gasteiger partial charge in [-0.3, -0.25) is 0 Å². The summed E-state index contributed by atoms with van der Waals surface area (Å²) >= 11 is 0. The lowest BCUT2D eigenvalue weighted by Crippen LogP contribution is -2.21. The molecule has 0 amide bonds. The summed E-state index contributed by atoms with van der Waals surface area (Å²) in [5, 5.41) is 10.1. The Labute approximate surface area is 110 Å². The lowest BCUT2D eigenvalue weighted by Gasteiger charge is -2.31. The number of nitrogens with two attached hydrogens (primary N) is 1. The molecule has 1 saturated carbocycles. The van der Waals surface area contributed by atoms with Gasteiger partial charge in [0.2, 0.25) is 0 Å². The van der Waals surface area contributed by atoms with E-state index >= 15 is 0 Å². The molecule has 0 aliphatic heterocycles. The maximum Gasteiger partial charge on any atom is 0.191 e. The maximum atomic E-state index is 14.1. The van der Waals surface area contributed by atoms with Crippen LogP contribution in [0.4, 0.5) is 10.2 Å². The van der Waals surface area contributed by atoms with Gasteiger partial charge in [-0.2, -0.15) is 0 Å². The van der Waals surface area contributed by atoms with Crippen molar-refractivity contribution >= 4 is 16.7 Å². The van der Waals surface area contributed by atoms with E-state index in [2.05, 4.69) is 16.9 Å². The van der Waals surface area contributed by atoms with Crippen LogP contribution in [0.2, 0.25) is 0 Å². The van der Waals surface area contributed by atoms with Crippen LogP contribution in [0.15, 0.2) is 6.07 Å². The quantitative estimate of drug-likeness (QED) is 0.828. The third-order valence-corrected chi connectivity index (χ3v) is 3.88. The summed E-state index contributed by atoms with van der Waals surface area (Å²) < 4.78 is 14.1. The summed E-state index contributed by atoms with van der Waals surface area (Å²) in [7, 11) is 0. The predicted molar refractivity (Wildman–Crippen MR) is 71.4 cm³/mol. The number of fused-ring (bicyclic) bond motifs is 1. The molecule has 0 radical (unpaired) electrons. The molecule has 0 atom stereocenters. The van der Waals surface area contributed by atoms with Crippen LogP contribution in [-0.4, -0.2) is 15.1 Å². The number of benzene rings is 1. The highest BCUT2D eigenvalue weighted by atomic mass is 19.1. The zero-order valence-corrected chi connectivity index (χ0v) is 10.9. The highest BCUT2D eigenvalue weighted by molar-refractivity contribution is 5.90. The standard InChI is InChI=1S/C14H16FN3O/c1-6-3-8(4-6)14-17-11-9(13(16)18-14)5-7(2)12(19)10(11)15/h5-6,8,19H,3-4H2,1-2H3,(H2,16,17,18). The first-order chi connectivity index (χ1) is 8.97. The SMILES string of the molecule is Cc1cc2c(N)nc(C3CC(C)C3)nc2c(F)c1O. The van der Waals surface area contributed by atoms with Gasteiger partial charge >= 0.3 is 0 Å². The highest BCUT2D eigenvalue weighted by Crippen LogP contribution is 2.41. The topological polar surface area (TPSA) is 72.0 Å². The van der Waals surface area contributed by atoms with Gasteiger partial charge in [0.1, 0.15) is 17.2 Å². The number of nitrogen functional groups attached to an aromatic ring is 1. The molecule has 5 heteroatoms. The number of phenolic OH excluding ortho intramolecular Hbond substituents is 1. The Bertz CT molecular complexity index is 666. The van der Waals surface area contributed by atoms with Gasteiger partial charge in [0.05, 0.1) is 0 Å². The minimum absolute atomic E-state index is 0.116. The normalized spacial score (nSPS) is 22.5. The zero-order chi connectivity index (χ0) is 13.7. The molecule has 1 aliphatic rings. The van der Waals surface area contributed by atoms with Crippen LogP contribution < -0.4 is 5.73 Å². The number of phenols is 1. The van der Waals surface area contributed by atoms with E-state index in [1.807, 2.05) is 0 Å². The van der Waals surface area contributed by atoms with Crippen molar-refractivity contribution in [1.29, 1.82) is 0 Å². The second-order valence-electron chi connectivity index (χ2n) is 5.49. The van der Waals surface area contributed by atoms with Crippen molar-refractivity contribution in [2.45, 2.75) is 32.6 Å². The van der Waals surface area contributed by atoms with Gasteiger partial charge in [0, 0.05) is 11.3 Å². The zero-order valence-electron chi connectivity index (χ0n) is 10.9. The van der Waals surface area contributed by atoms with Crippen molar-refractivity contribution in [3.8, 4) is 5.75 Å². The second-order valence-corrected chi connectivity index (χ2v) is 5.49. The van der Waals surface area contributed by atoms with Crippen LogP contribution in [0.25, 0.3) is 10.9 Å². The molecule has 19 heavy (non-hydrogen) atoms. The summed E-state index contributed by atoms with van der Waals surface area (Å²) in [6, 6.07) is 1.62. The van der Waals surface area contributed by atoms with Gasteiger partial charge in [0.25, 0.3) is 0 Å². The lowest BCUT2D eigenvalue weighted by molar-refractivity contribution is 0.278. The molecule has 1 heterocycles. The number of rotatable bonds is 1. The van der Waals surface area contributed by atoms with E-state index in [-0.39, 0.29) is 23.0 Å². The third-order valence-electron chi connectivity index (χ3n) is 3.88. The highest BCUT2D eigenvalue weighted by Gasteiger charge is 2.30. The van der Waals surface area contributed by atoms with Gasteiger partial charge in [-0.05, 0) is 37.3 Å². The Balaban J connectivity index is 2.19. The Morgan fingerprint density at radius 2 is 2.05 bits per heavy atom. The number of aryl methyl sites for hydroxylation is 1. The van der Waals surface area contributed by atoms with Gasteiger partial charge < -0.3 is 10.8 Å². The average Bonchev–Trinajstić information content (AvgIpc) is 2.33. The van der Waals surface area contributed by atoms with Crippen LogP contribution in [0, 0.1) is 18.7 Å².